The molecule has 0 spiro atoms. The third kappa shape index (κ3) is 2.63. The first-order chi connectivity index (χ1) is 5.88. The van der Waals surface area contributed by atoms with Crippen LogP contribution in [0.5, 0.6) is 0 Å². The molecule has 2 unspecified atom stereocenters. The first-order valence-corrected chi connectivity index (χ1v) is 5.22. The molecule has 1 aliphatic rings. The quantitative estimate of drug-likeness (QED) is 0.621. The molecule has 0 saturated heterocycles. The van der Waals surface area contributed by atoms with Gasteiger partial charge in [0.05, 0.1) is 0 Å². The van der Waals surface area contributed by atoms with Gasteiger partial charge in [0, 0.05) is 6.04 Å². The summed E-state index contributed by atoms with van der Waals surface area (Å²) in [6.45, 7) is 7.22. The monoisotopic (exact) mass is 167 g/mol. The molecule has 2 atom stereocenters. The number of hydrogen-bond acceptors (Lipinski definition) is 1. The zero-order chi connectivity index (χ0) is 8.81. The molecule has 1 N–H and O–H groups in total. The Hall–Kier alpha value is -0.300. The predicted octanol–water partition coefficient (Wildman–Crippen LogP) is 2.73. The van der Waals surface area contributed by atoms with Gasteiger partial charge in [0.2, 0.25) is 0 Å². The van der Waals surface area contributed by atoms with E-state index in [9.17, 15) is 0 Å². The predicted molar refractivity (Wildman–Crippen MR) is 54.2 cm³/mol. The molecule has 0 aromatic carbocycles. The fourth-order valence-electron chi connectivity index (χ4n) is 2.13. The molecule has 1 heteroatoms. The van der Waals surface area contributed by atoms with Gasteiger partial charge in [0.1, 0.15) is 0 Å². The van der Waals surface area contributed by atoms with Crippen LogP contribution < -0.4 is 5.32 Å². The van der Waals surface area contributed by atoms with Gasteiger partial charge in [-0.25, -0.2) is 0 Å². The standard InChI is InChI=1S/C11H21N/c1-3-6-10-7-5-8-11(10)12-9-4-2/h3,10-12H,1,4-9H2,2H3. The Balaban J connectivity index is 2.25. The van der Waals surface area contributed by atoms with Crippen LogP contribution in [0.1, 0.15) is 39.0 Å². The molecule has 0 aromatic heterocycles. The summed E-state index contributed by atoms with van der Waals surface area (Å²) >= 11 is 0. The Morgan fingerprint density at radius 2 is 2.33 bits per heavy atom. The van der Waals surface area contributed by atoms with Crippen molar-refractivity contribution < 1.29 is 0 Å². The smallest absolute Gasteiger partial charge is 0.00982 e. The summed E-state index contributed by atoms with van der Waals surface area (Å²) < 4.78 is 0. The fraction of sp³-hybridized carbons (Fsp3) is 0.818. The highest BCUT2D eigenvalue weighted by molar-refractivity contribution is 4.87. The van der Waals surface area contributed by atoms with E-state index in [1.807, 2.05) is 0 Å². The Morgan fingerprint density at radius 1 is 1.50 bits per heavy atom. The van der Waals surface area contributed by atoms with Gasteiger partial charge < -0.3 is 5.32 Å². The van der Waals surface area contributed by atoms with Crippen molar-refractivity contribution in [3.05, 3.63) is 12.7 Å². The number of hydrogen-bond donors (Lipinski definition) is 1. The molecule has 1 nitrogen and oxygen atoms in total. The summed E-state index contributed by atoms with van der Waals surface area (Å²) in [6, 6.07) is 0.781. The van der Waals surface area contributed by atoms with Crippen LogP contribution in [-0.2, 0) is 0 Å². The third-order valence-electron chi connectivity index (χ3n) is 2.79. The molecule has 0 bridgehead atoms. The third-order valence-corrected chi connectivity index (χ3v) is 2.79. The molecule has 1 aliphatic carbocycles. The van der Waals surface area contributed by atoms with E-state index >= 15 is 0 Å². The molecular weight excluding hydrogens is 146 g/mol. The van der Waals surface area contributed by atoms with Gasteiger partial charge in [-0.05, 0) is 38.1 Å². The topological polar surface area (TPSA) is 12.0 Å². The summed E-state index contributed by atoms with van der Waals surface area (Å²) in [6.07, 6.45) is 8.68. The molecular formula is C11H21N. The lowest BCUT2D eigenvalue weighted by atomic mass is 10.00. The molecule has 1 saturated carbocycles. The van der Waals surface area contributed by atoms with Gasteiger partial charge in [-0.2, -0.15) is 0 Å². The van der Waals surface area contributed by atoms with E-state index in [1.165, 1.54) is 38.6 Å². The van der Waals surface area contributed by atoms with Crippen molar-refractivity contribution in [2.75, 3.05) is 6.54 Å². The highest BCUT2D eigenvalue weighted by atomic mass is 14.9. The lowest BCUT2D eigenvalue weighted by Gasteiger charge is -2.19. The second kappa shape index (κ2) is 5.36. The fourth-order valence-corrected chi connectivity index (χ4v) is 2.13. The summed E-state index contributed by atoms with van der Waals surface area (Å²) in [5.74, 6) is 0.869. The van der Waals surface area contributed by atoms with E-state index in [-0.39, 0.29) is 0 Å². The van der Waals surface area contributed by atoms with E-state index in [0.717, 1.165) is 12.0 Å². The molecule has 12 heavy (non-hydrogen) atoms. The van der Waals surface area contributed by atoms with Gasteiger partial charge in [-0.1, -0.05) is 19.4 Å². The Labute approximate surface area is 76.2 Å². The maximum atomic E-state index is 3.81. The summed E-state index contributed by atoms with van der Waals surface area (Å²) in [5, 5.41) is 3.62. The second-order valence-corrected chi connectivity index (χ2v) is 3.78. The summed E-state index contributed by atoms with van der Waals surface area (Å²) in [7, 11) is 0. The van der Waals surface area contributed by atoms with Crippen LogP contribution in [-0.4, -0.2) is 12.6 Å². The molecule has 0 radical (unpaired) electrons. The number of nitrogens with one attached hydrogen (secondary N) is 1. The SMILES string of the molecule is C=CCC1CCCC1NCCC. The van der Waals surface area contributed by atoms with Crippen LogP contribution in [0.25, 0.3) is 0 Å². The van der Waals surface area contributed by atoms with Gasteiger partial charge in [-0.15, -0.1) is 6.58 Å². The molecule has 0 aromatic rings. The number of allylic oxidation sites excluding steroid dienone is 1. The first kappa shape index (κ1) is 9.79. The van der Waals surface area contributed by atoms with Gasteiger partial charge >= 0.3 is 0 Å². The van der Waals surface area contributed by atoms with Crippen molar-refractivity contribution in [2.24, 2.45) is 5.92 Å². The van der Waals surface area contributed by atoms with Gasteiger partial charge in [0.25, 0.3) is 0 Å². The Morgan fingerprint density at radius 3 is 3.00 bits per heavy atom. The van der Waals surface area contributed by atoms with Crippen LogP contribution in [0.2, 0.25) is 0 Å². The maximum Gasteiger partial charge on any atom is 0.00982 e. The van der Waals surface area contributed by atoms with Crippen molar-refractivity contribution in [2.45, 2.75) is 45.1 Å². The minimum atomic E-state index is 0.781. The Kier molecular flexibility index (Phi) is 4.37. The normalized spacial score (nSPS) is 29.1. The largest absolute Gasteiger partial charge is 0.314 e. The second-order valence-electron chi connectivity index (χ2n) is 3.78. The van der Waals surface area contributed by atoms with Crippen molar-refractivity contribution in [1.29, 1.82) is 0 Å². The van der Waals surface area contributed by atoms with E-state index < -0.39 is 0 Å². The molecule has 1 fully saturated rings. The zero-order valence-corrected chi connectivity index (χ0v) is 8.18. The molecule has 0 heterocycles. The van der Waals surface area contributed by atoms with Crippen LogP contribution in [0.3, 0.4) is 0 Å². The van der Waals surface area contributed by atoms with E-state index in [2.05, 4.69) is 24.9 Å². The van der Waals surface area contributed by atoms with Crippen molar-refractivity contribution >= 4 is 0 Å². The average Bonchev–Trinajstić information content (AvgIpc) is 2.50. The summed E-state index contributed by atoms with van der Waals surface area (Å²) in [5.41, 5.74) is 0. The maximum absolute atomic E-state index is 3.81. The molecule has 1 rings (SSSR count). The summed E-state index contributed by atoms with van der Waals surface area (Å²) in [4.78, 5) is 0. The lowest BCUT2D eigenvalue weighted by Crippen LogP contribution is -2.32. The van der Waals surface area contributed by atoms with Crippen molar-refractivity contribution in [1.82, 2.24) is 5.32 Å². The van der Waals surface area contributed by atoms with Crippen LogP contribution >= 0.6 is 0 Å². The van der Waals surface area contributed by atoms with Crippen molar-refractivity contribution in [3.8, 4) is 0 Å². The highest BCUT2D eigenvalue weighted by Gasteiger charge is 2.24. The molecule has 0 aliphatic heterocycles. The molecule has 70 valence electrons. The zero-order valence-electron chi connectivity index (χ0n) is 8.18. The molecule has 0 amide bonds. The van der Waals surface area contributed by atoms with E-state index in [4.69, 9.17) is 0 Å². The van der Waals surface area contributed by atoms with Crippen LogP contribution in [0.15, 0.2) is 12.7 Å². The minimum Gasteiger partial charge on any atom is -0.314 e. The van der Waals surface area contributed by atoms with Gasteiger partial charge in [-0.3, -0.25) is 0 Å². The van der Waals surface area contributed by atoms with E-state index in [0.29, 0.717) is 0 Å². The van der Waals surface area contributed by atoms with Crippen molar-refractivity contribution in [3.63, 3.8) is 0 Å². The lowest BCUT2D eigenvalue weighted by molar-refractivity contribution is 0.404. The van der Waals surface area contributed by atoms with E-state index in [1.54, 1.807) is 0 Å². The van der Waals surface area contributed by atoms with Crippen LogP contribution in [0.4, 0.5) is 0 Å². The van der Waals surface area contributed by atoms with Crippen LogP contribution in [0, 0.1) is 5.92 Å². The highest BCUT2D eigenvalue weighted by Crippen LogP contribution is 2.28. The average molecular weight is 167 g/mol. The number of rotatable bonds is 5. The Bertz CT molecular complexity index is 131. The first-order valence-electron chi connectivity index (χ1n) is 5.22. The minimum absolute atomic E-state index is 0.781. The van der Waals surface area contributed by atoms with Gasteiger partial charge in [0.15, 0.2) is 0 Å².